The van der Waals surface area contributed by atoms with Crippen LogP contribution in [0.3, 0.4) is 0 Å². The molecule has 110 valence electrons. The van der Waals surface area contributed by atoms with Gasteiger partial charge < -0.3 is 11.1 Å². The van der Waals surface area contributed by atoms with E-state index >= 15 is 0 Å². The van der Waals surface area contributed by atoms with Gasteiger partial charge in [0.2, 0.25) is 5.91 Å². The number of likely N-dealkylation sites (N-methyl/N-ethyl adjacent to an activating group) is 1. The van der Waals surface area contributed by atoms with Crippen LogP contribution in [0.25, 0.3) is 0 Å². The first kappa shape index (κ1) is 16.6. The highest BCUT2D eigenvalue weighted by Gasteiger charge is 2.10. The molecule has 0 aliphatic carbocycles. The van der Waals surface area contributed by atoms with E-state index in [0.717, 1.165) is 17.7 Å². The summed E-state index contributed by atoms with van der Waals surface area (Å²) in [5.41, 5.74) is 7.60. The fourth-order valence-corrected chi connectivity index (χ4v) is 2.06. The van der Waals surface area contributed by atoms with E-state index in [0.29, 0.717) is 18.1 Å². The molecule has 0 aromatic heterocycles. The van der Waals surface area contributed by atoms with Crippen molar-refractivity contribution in [1.29, 1.82) is 0 Å². The Balaban J connectivity index is 2.66. The second-order valence-electron chi connectivity index (χ2n) is 5.09. The number of thiocarbonyl (C=S) groups is 1. The fourth-order valence-electron chi connectivity index (χ4n) is 1.93. The van der Waals surface area contributed by atoms with E-state index in [2.05, 4.69) is 10.2 Å². The van der Waals surface area contributed by atoms with Gasteiger partial charge in [0.1, 0.15) is 4.99 Å². The van der Waals surface area contributed by atoms with Crippen LogP contribution in [0.4, 0.5) is 0 Å². The lowest BCUT2D eigenvalue weighted by Gasteiger charge is -2.21. The smallest absolute Gasteiger partial charge is 0.234 e. The summed E-state index contributed by atoms with van der Waals surface area (Å²) < 4.78 is 0. The summed E-state index contributed by atoms with van der Waals surface area (Å²) in [5.74, 6) is 0.0485. The molecule has 0 spiro atoms. The molecule has 0 saturated heterocycles. The molecule has 0 atom stereocenters. The Bertz CT molecular complexity index is 474. The summed E-state index contributed by atoms with van der Waals surface area (Å²) in [6, 6.07) is 7.99. The summed E-state index contributed by atoms with van der Waals surface area (Å²) in [4.78, 5) is 14.3. The SMILES string of the molecule is CCN(CC(=O)NC(C)C)Cc1cccc(C(N)=S)c1. The number of nitrogens with one attached hydrogen (secondary N) is 1. The number of nitrogens with two attached hydrogens (primary N) is 1. The molecular formula is C15H23N3OS. The van der Waals surface area contributed by atoms with Crippen LogP contribution < -0.4 is 11.1 Å². The average Bonchev–Trinajstić information content (AvgIpc) is 2.37. The van der Waals surface area contributed by atoms with Crippen LogP contribution in [-0.4, -0.2) is 34.9 Å². The predicted molar refractivity (Wildman–Crippen MR) is 86.6 cm³/mol. The van der Waals surface area contributed by atoms with Crippen molar-refractivity contribution in [2.45, 2.75) is 33.4 Å². The van der Waals surface area contributed by atoms with Gasteiger partial charge in [-0.05, 0) is 32.0 Å². The first-order valence-corrected chi connectivity index (χ1v) is 7.23. The molecule has 1 aromatic rings. The molecule has 0 unspecified atom stereocenters. The zero-order valence-corrected chi connectivity index (χ0v) is 13.2. The molecule has 3 N–H and O–H groups in total. The summed E-state index contributed by atoms with van der Waals surface area (Å²) in [7, 11) is 0. The molecule has 0 aliphatic rings. The highest BCUT2D eigenvalue weighted by Crippen LogP contribution is 2.08. The second kappa shape index (κ2) is 7.97. The number of rotatable bonds is 7. The summed E-state index contributed by atoms with van der Waals surface area (Å²) in [6.07, 6.45) is 0. The lowest BCUT2D eigenvalue weighted by molar-refractivity contribution is -0.122. The van der Waals surface area contributed by atoms with Crippen molar-refractivity contribution in [3.05, 3.63) is 35.4 Å². The topological polar surface area (TPSA) is 58.4 Å². The summed E-state index contributed by atoms with van der Waals surface area (Å²) in [5, 5.41) is 2.90. The minimum absolute atomic E-state index is 0.0485. The molecule has 5 heteroatoms. The third-order valence-electron chi connectivity index (χ3n) is 2.88. The molecule has 0 radical (unpaired) electrons. The molecule has 0 fully saturated rings. The lowest BCUT2D eigenvalue weighted by atomic mass is 10.1. The molecule has 0 bridgehead atoms. The highest BCUT2D eigenvalue weighted by atomic mass is 32.1. The Hall–Kier alpha value is -1.46. The van der Waals surface area contributed by atoms with Crippen molar-refractivity contribution in [1.82, 2.24) is 10.2 Å². The van der Waals surface area contributed by atoms with E-state index in [4.69, 9.17) is 18.0 Å². The van der Waals surface area contributed by atoms with Crippen LogP contribution in [0.2, 0.25) is 0 Å². The van der Waals surface area contributed by atoms with Gasteiger partial charge in [-0.1, -0.05) is 37.3 Å². The van der Waals surface area contributed by atoms with Gasteiger partial charge >= 0.3 is 0 Å². The van der Waals surface area contributed by atoms with Crippen molar-refractivity contribution in [3.8, 4) is 0 Å². The first-order chi connectivity index (χ1) is 9.42. The zero-order chi connectivity index (χ0) is 15.1. The number of carbonyl (C=O) groups excluding carboxylic acids is 1. The Morgan fingerprint density at radius 3 is 2.70 bits per heavy atom. The highest BCUT2D eigenvalue weighted by molar-refractivity contribution is 7.80. The quantitative estimate of drug-likeness (QED) is 0.751. The van der Waals surface area contributed by atoms with Gasteiger partial charge in [0.25, 0.3) is 0 Å². The summed E-state index contributed by atoms with van der Waals surface area (Å²) in [6.45, 7) is 7.87. The number of amides is 1. The molecule has 1 aromatic carbocycles. The molecule has 0 aliphatic heterocycles. The van der Waals surface area contributed by atoms with E-state index in [1.54, 1.807) is 0 Å². The van der Waals surface area contributed by atoms with Gasteiger partial charge in [-0.15, -0.1) is 0 Å². The lowest BCUT2D eigenvalue weighted by Crippen LogP contribution is -2.39. The Morgan fingerprint density at radius 2 is 2.15 bits per heavy atom. The minimum atomic E-state index is 0.0485. The van der Waals surface area contributed by atoms with E-state index in [-0.39, 0.29) is 11.9 Å². The van der Waals surface area contributed by atoms with Gasteiger partial charge in [-0.2, -0.15) is 0 Å². The minimum Gasteiger partial charge on any atom is -0.389 e. The van der Waals surface area contributed by atoms with Crippen LogP contribution >= 0.6 is 12.2 Å². The number of carbonyl (C=O) groups is 1. The maximum atomic E-state index is 11.8. The van der Waals surface area contributed by atoms with E-state index in [1.165, 1.54) is 0 Å². The van der Waals surface area contributed by atoms with Crippen molar-refractivity contribution in [3.63, 3.8) is 0 Å². The van der Waals surface area contributed by atoms with Gasteiger partial charge in [0, 0.05) is 18.2 Å². The van der Waals surface area contributed by atoms with Gasteiger partial charge in [-0.25, -0.2) is 0 Å². The Kier molecular flexibility index (Phi) is 6.61. The third-order valence-corrected chi connectivity index (χ3v) is 3.12. The van der Waals surface area contributed by atoms with Crippen molar-refractivity contribution < 1.29 is 4.79 Å². The van der Waals surface area contributed by atoms with E-state index in [9.17, 15) is 4.79 Å². The predicted octanol–water partition coefficient (Wildman–Crippen LogP) is 1.67. The maximum Gasteiger partial charge on any atom is 0.234 e. The van der Waals surface area contributed by atoms with Gasteiger partial charge in [0.05, 0.1) is 6.54 Å². The Labute approximate surface area is 126 Å². The summed E-state index contributed by atoms with van der Waals surface area (Å²) >= 11 is 4.98. The monoisotopic (exact) mass is 293 g/mol. The van der Waals surface area contributed by atoms with E-state index < -0.39 is 0 Å². The Morgan fingerprint density at radius 1 is 1.45 bits per heavy atom. The fraction of sp³-hybridized carbons (Fsp3) is 0.467. The van der Waals surface area contributed by atoms with Crippen LogP contribution in [0.15, 0.2) is 24.3 Å². The molecule has 0 heterocycles. The number of nitrogens with zero attached hydrogens (tertiary/aromatic N) is 1. The molecule has 1 amide bonds. The average molecular weight is 293 g/mol. The van der Waals surface area contributed by atoms with Crippen molar-refractivity contribution in [2.24, 2.45) is 5.73 Å². The standard InChI is InChI=1S/C15H23N3OS/c1-4-18(10-14(19)17-11(2)3)9-12-6-5-7-13(8-12)15(16)20/h5-8,11H,4,9-10H2,1-3H3,(H2,16,20)(H,17,19). The van der Waals surface area contributed by atoms with E-state index in [1.807, 2.05) is 45.0 Å². The third kappa shape index (κ3) is 5.67. The van der Waals surface area contributed by atoms with Crippen molar-refractivity contribution in [2.75, 3.05) is 13.1 Å². The zero-order valence-electron chi connectivity index (χ0n) is 12.3. The molecule has 1 rings (SSSR count). The van der Waals surface area contributed by atoms with Crippen LogP contribution in [0.1, 0.15) is 31.9 Å². The largest absolute Gasteiger partial charge is 0.389 e. The first-order valence-electron chi connectivity index (χ1n) is 6.82. The molecular weight excluding hydrogens is 270 g/mol. The number of hydrogen-bond acceptors (Lipinski definition) is 3. The van der Waals surface area contributed by atoms with Crippen LogP contribution in [-0.2, 0) is 11.3 Å². The van der Waals surface area contributed by atoms with Gasteiger partial charge in [-0.3, -0.25) is 9.69 Å². The van der Waals surface area contributed by atoms with Crippen LogP contribution in [0, 0.1) is 0 Å². The molecule has 20 heavy (non-hydrogen) atoms. The maximum absolute atomic E-state index is 11.8. The number of benzene rings is 1. The molecule has 4 nitrogen and oxygen atoms in total. The van der Waals surface area contributed by atoms with Gasteiger partial charge in [0.15, 0.2) is 0 Å². The normalized spacial score (nSPS) is 10.8. The number of hydrogen-bond donors (Lipinski definition) is 2. The van der Waals surface area contributed by atoms with Crippen LogP contribution in [0.5, 0.6) is 0 Å². The molecule has 0 saturated carbocycles. The second-order valence-corrected chi connectivity index (χ2v) is 5.53. The van der Waals surface area contributed by atoms with Crippen molar-refractivity contribution >= 4 is 23.1 Å².